The summed E-state index contributed by atoms with van der Waals surface area (Å²) in [6.45, 7) is 12.7. The lowest BCUT2D eigenvalue weighted by Crippen LogP contribution is -2.39. The van der Waals surface area contributed by atoms with E-state index in [-0.39, 0.29) is 16.6 Å². The van der Waals surface area contributed by atoms with Gasteiger partial charge in [-0.1, -0.05) is 57.2 Å². The van der Waals surface area contributed by atoms with Gasteiger partial charge in [0, 0.05) is 6.42 Å². The zero-order valence-electron chi connectivity index (χ0n) is 21.5. The minimum atomic E-state index is -0.683. The number of aliphatic hydroxyl groups is 3. The summed E-state index contributed by atoms with van der Waals surface area (Å²) >= 11 is 0. The molecular weight excluding hydrogens is 424 g/mol. The highest BCUT2D eigenvalue weighted by Crippen LogP contribution is 2.62. The number of rotatable bonds is 6. The molecule has 4 saturated carbocycles. The molecule has 0 aromatic heterocycles. The van der Waals surface area contributed by atoms with Crippen LogP contribution in [0.25, 0.3) is 0 Å². The van der Waals surface area contributed by atoms with Crippen LogP contribution in [-0.2, 0) is 4.79 Å². The molecule has 0 aliphatic heterocycles. The van der Waals surface area contributed by atoms with Crippen LogP contribution < -0.4 is 0 Å². The van der Waals surface area contributed by atoms with Crippen molar-refractivity contribution in [3.63, 3.8) is 0 Å². The standard InChI is InChI=1S/C30H44O4/c1-19-22(17-23(32)18-25(19)33)9-8-21-7-6-13-29(5)24(21)10-11-26(29)28(3,4)14-12-27(34)30(15-16-30)20(2)31/h8-9,12,14,23-27,32-34H,1,6-7,10-11,13,15-18H2,2-5H3/t23-,24+,25+,26-,27+,29+/m1/s1. The molecule has 0 radical (unpaired) electrons. The van der Waals surface area contributed by atoms with Crippen LogP contribution in [0.4, 0.5) is 0 Å². The zero-order valence-corrected chi connectivity index (χ0v) is 21.5. The lowest BCUT2D eigenvalue weighted by Gasteiger charge is -2.47. The predicted molar refractivity (Wildman–Crippen MR) is 136 cm³/mol. The molecule has 3 N–H and O–H groups in total. The summed E-state index contributed by atoms with van der Waals surface area (Å²) in [5.74, 6) is 1.14. The van der Waals surface area contributed by atoms with E-state index in [1.165, 1.54) is 24.8 Å². The molecule has 0 spiro atoms. The van der Waals surface area contributed by atoms with Gasteiger partial charge < -0.3 is 15.3 Å². The maximum atomic E-state index is 12.0. The van der Waals surface area contributed by atoms with Crippen LogP contribution in [-0.4, -0.2) is 39.4 Å². The summed E-state index contributed by atoms with van der Waals surface area (Å²) in [5.41, 5.74) is 2.80. The number of hydrogen-bond acceptors (Lipinski definition) is 4. The van der Waals surface area contributed by atoms with Crippen molar-refractivity contribution in [3.05, 3.63) is 47.6 Å². The zero-order chi connectivity index (χ0) is 24.9. The average molecular weight is 469 g/mol. The van der Waals surface area contributed by atoms with Crippen molar-refractivity contribution in [2.75, 3.05) is 0 Å². The molecule has 34 heavy (non-hydrogen) atoms. The largest absolute Gasteiger partial charge is 0.393 e. The summed E-state index contributed by atoms with van der Waals surface area (Å²) in [4.78, 5) is 12.0. The molecule has 4 heteroatoms. The van der Waals surface area contributed by atoms with Crippen LogP contribution in [0.1, 0.15) is 85.5 Å². The fourth-order valence-corrected chi connectivity index (χ4v) is 7.56. The number of Topliss-reactive ketones (excluding diaryl/α,β-unsaturated/α-hetero) is 1. The van der Waals surface area contributed by atoms with E-state index in [1.807, 2.05) is 6.08 Å². The van der Waals surface area contributed by atoms with Crippen LogP contribution >= 0.6 is 0 Å². The fourth-order valence-electron chi connectivity index (χ4n) is 7.56. The van der Waals surface area contributed by atoms with E-state index in [4.69, 9.17) is 0 Å². The van der Waals surface area contributed by atoms with E-state index in [1.54, 1.807) is 6.92 Å². The SMILES string of the molecule is C=C1C(=CC=C2CCC[C@]3(C)[C@@H](C(C)(C)C=C[C@H](O)C4(C(C)=O)CC4)CC[C@@H]23)C[C@@H](O)C[C@@H]1O. The molecule has 0 aromatic carbocycles. The van der Waals surface area contributed by atoms with Gasteiger partial charge in [-0.25, -0.2) is 0 Å². The third-order valence-electron chi connectivity index (χ3n) is 9.89. The van der Waals surface area contributed by atoms with Gasteiger partial charge in [-0.15, -0.1) is 0 Å². The third kappa shape index (κ3) is 4.54. The minimum Gasteiger partial charge on any atom is -0.393 e. The second-order valence-corrected chi connectivity index (χ2v) is 12.4. The number of allylic oxidation sites excluding steroid dienone is 4. The van der Waals surface area contributed by atoms with Gasteiger partial charge in [-0.05, 0) is 92.1 Å². The van der Waals surface area contributed by atoms with Gasteiger partial charge in [0.25, 0.3) is 0 Å². The summed E-state index contributed by atoms with van der Waals surface area (Å²) in [6, 6.07) is 0. The number of hydrogen-bond donors (Lipinski definition) is 3. The molecular formula is C30H44O4. The first-order chi connectivity index (χ1) is 15.9. The molecule has 0 amide bonds. The summed E-state index contributed by atoms with van der Waals surface area (Å²) < 4.78 is 0. The van der Waals surface area contributed by atoms with Gasteiger partial charge in [0.2, 0.25) is 0 Å². The number of aliphatic hydroxyl groups excluding tert-OH is 3. The van der Waals surface area contributed by atoms with E-state index in [2.05, 4.69) is 45.6 Å². The van der Waals surface area contributed by atoms with E-state index in [9.17, 15) is 20.1 Å². The van der Waals surface area contributed by atoms with Crippen molar-refractivity contribution in [2.45, 2.75) is 104 Å². The Morgan fingerprint density at radius 1 is 1.18 bits per heavy atom. The number of fused-ring (bicyclic) bond motifs is 1. The quantitative estimate of drug-likeness (QED) is 0.454. The summed E-state index contributed by atoms with van der Waals surface area (Å²) in [6.07, 6.45) is 14.9. The number of ketones is 1. The van der Waals surface area contributed by atoms with Crippen LogP contribution in [0.3, 0.4) is 0 Å². The Morgan fingerprint density at radius 3 is 2.53 bits per heavy atom. The first-order valence-corrected chi connectivity index (χ1v) is 13.2. The minimum absolute atomic E-state index is 0.0653. The Kier molecular flexibility index (Phi) is 6.92. The molecule has 0 aromatic rings. The predicted octanol–water partition coefficient (Wildman–Crippen LogP) is 5.44. The lowest BCUT2D eigenvalue weighted by atomic mass is 9.57. The Morgan fingerprint density at radius 2 is 1.88 bits per heavy atom. The summed E-state index contributed by atoms with van der Waals surface area (Å²) in [7, 11) is 0. The van der Waals surface area contributed by atoms with Gasteiger partial charge in [-0.2, -0.15) is 0 Å². The van der Waals surface area contributed by atoms with Crippen LogP contribution in [0, 0.1) is 28.1 Å². The van der Waals surface area contributed by atoms with Crippen molar-refractivity contribution >= 4 is 5.78 Å². The molecule has 188 valence electrons. The smallest absolute Gasteiger partial charge is 0.138 e. The van der Waals surface area contributed by atoms with E-state index in [0.717, 1.165) is 36.8 Å². The molecule has 4 aliphatic rings. The Hall–Kier alpha value is -1.49. The second kappa shape index (κ2) is 9.19. The average Bonchev–Trinajstić information content (AvgIpc) is 3.50. The molecule has 0 heterocycles. The van der Waals surface area contributed by atoms with Crippen molar-refractivity contribution < 1.29 is 20.1 Å². The second-order valence-electron chi connectivity index (χ2n) is 12.4. The van der Waals surface area contributed by atoms with Crippen molar-refractivity contribution in [1.29, 1.82) is 0 Å². The van der Waals surface area contributed by atoms with Crippen molar-refractivity contribution in [3.8, 4) is 0 Å². The molecule has 4 aliphatic carbocycles. The maximum absolute atomic E-state index is 12.0. The van der Waals surface area contributed by atoms with Gasteiger partial charge in [-0.3, -0.25) is 4.79 Å². The molecule has 0 unspecified atom stereocenters. The monoisotopic (exact) mass is 468 g/mol. The molecule has 4 nitrogen and oxygen atoms in total. The summed E-state index contributed by atoms with van der Waals surface area (Å²) in [5, 5.41) is 31.0. The number of carbonyl (C=O) groups excluding carboxylic acids is 1. The fraction of sp³-hybridized carbons (Fsp3) is 0.700. The highest BCUT2D eigenvalue weighted by atomic mass is 16.3. The van der Waals surface area contributed by atoms with E-state index < -0.39 is 23.7 Å². The van der Waals surface area contributed by atoms with Crippen LogP contribution in [0.15, 0.2) is 47.6 Å². The Labute approximate surface area is 205 Å². The number of carbonyl (C=O) groups is 1. The topological polar surface area (TPSA) is 77.8 Å². The highest BCUT2D eigenvalue weighted by Gasteiger charge is 2.54. The van der Waals surface area contributed by atoms with Crippen molar-refractivity contribution in [2.24, 2.45) is 28.1 Å². The third-order valence-corrected chi connectivity index (χ3v) is 9.89. The normalized spacial score (nSPS) is 39.0. The maximum Gasteiger partial charge on any atom is 0.138 e. The van der Waals surface area contributed by atoms with Gasteiger partial charge >= 0.3 is 0 Å². The van der Waals surface area contributed by atoms with Crippen LogP contribution in [0.5, 0.6) is 0 Å². The Bertz CT molecular complexity index is 918. The molecule has 4 fully saturated rings. The lowest BCUT2D eigenvalue weighted by molar-refractivity contribution is -0.124. The van der Waals surface area contributed by atoms with Gasteiger partial charge in [0.1, 0.15) is 5.78 Å². The first kappa shape index (κ1) is 25.6. The molecule has 0 saturated heterocycles. The van der Waals surface area contributed by atoms with Crippen molar-refractivity contribution in [1.82, 2.24) is 0 Å². The van der Waals surface area contributed by atoms with Gasteiger partial charge in [0.05, 0.1) is 23.7 Å². The molecule has 4 rings (SSSR count). The molecule has 6 atom stereocenters. The van der Waals surface area contributed by atoms with E-state index in [0.29, 0.717) is 24.7 Å². The Balaban J connectivity index is 1.52. The van der Waals surface area contributed by atoms with Gasteiger partial charge in [0.15, 0.2) is 0 Å². The first-order valence-electron chi connectivity index (χ1n) is 13.2. The van der Waals surface area contributed by atoms with E-state index >= 15 is 0 Å². The molecule has 0 bridgehead atoms. The highest BCUT2D eigenvalue weighted by molar-refractivity contribution is 5.86. The van der Waals surface area contributed by atoms with Crippen LogP contribution in [0.2, 0.25) is 0 Å².